The van der Waals surface area contributed by atoms with Gasteiger partial charge in [-0.1, -0.05) is 36.4 Å². The van der Waals surface area contributed by atoms with Crippen molar-refractivity contribution < 1.29 is 19.4 Å². The van der Waals surface area contributed by atoms with Crippen molar-refractivity contribution in [2.45, 2.75) is 26.4 Å². The first kappa shape index (κ1) is 16.1. The lowest BCUT2D eigenvalue weighted by molar-refractivity contribution is -0.136. The second-order valence-electron chi connectivity index (χ2n) is 5.64. The molecule has 124 valence electrons. The molecule has 0 heterocycles. The van der Waals surface area contributed by atoms with Crippen molar-refractivity contribution >= 4 is 11.5 Å². The molecule has 0 fully saturated rings. The average molecular weight is 324 g/mol. The number of hydrogen-bond donors (Lipinski definition) is 1. The van der Waals surface area contributed by atoms with Crippen LogP contribution in [0.3, 0.4) is 0 Å². The highest BCUT2D eigenvalue weighted by Crippen LogP contribution is 2.37. The van der Waals surface area contributed by atoms with Crippen molar-refractivity contribution in [1.29, 1.82) is 0 Å². The van der Waals surface area contributed by atoms with Crippen LogP contribution in [0.2, 0.25) is 0 Å². The van der Waals surface area contributed by atoms with Crippen LogP contribution in [0.4, 0.5) is 0 Å². The van der Waals surface area contributed by atoms with Crippen LogP contribution in [0.25, 0.3) is 5.57 Å². The van der Waals surface area contributed by atoms with E-state index in [1.54, 1.807) is 6.92 Å². The van der Waals surface area contributed by atoms with E-state index in [0.29, 0.717) is 19.6 Å². The SMILES string of the molecule is CCOC(C(=O)O)=C1CCc2cc(OCc3ccccc3)ccc21. The van der Waals surface area contributed by atoms with Crippen molar-refractivity contribution in [2.75, 3.05) is 6.61 Å². The Morgan fingerprint density at radius 1 is 1.12 bits per heavy atom. The number of allylic oxidation sites excluding steroid dienone is 1. The first-order chi connectivity index (χ1) is 11.7. The van der Waals surface area contributed by atoms with Gasteiger partial charge >= 0.3 is 5.97 Å². The molecule has 1 aliphatic rings. The molecular formula is C20H20O4. The normalized spacial score (nSPS) is 14.9. The predicted octanol–water partition coefficient (Wildman–Crippen LogP) is 4.04. The van der Waals surface area contributed by atoms with E-state index in [9.17, 15) is 9.90 Å². The predicted molar refractivity (Wildman–Crippen MR) is 91.7 cm³/mol. The number of rotatable bonds is 6. The van der Waals surface area contributed by atoms with Gasteiger partial charge in [-0.2, -0.15) is 0 Å². The Labute approximate surface area is 141 Å². The van der Waals surface area contributed by atoms with Crippen LogP contribution in [0, 0.1) is 0 Å². The lowest BCUT2D eigenvalue weighted by atomic mass is 10.1. The summed E-state index contributed by atoms with van der Waals surface area (Å²) in [6.45, 7) is 2.65. The molecule has 0 amide bonds. The number of ether oxygens (including phenoxy) is 2. The molecule has 2 aromatic carbocycles. The molecule has 0 saturated carbocycles. The molecular weight excluding hydrogens is 304 g/mol. The van der Waals surface area contributed by atoms with Crippen molar-refractivity contribution in [3.8, 4) is 5.75 Å². The van der Waals surface area contributed by atoms with E-state index >= 15 is 0 Å². The molecule has 0 aliphatic heterocycles. The Morgan fingerprint density at radius 2 is 1.92 bits per heavy atom. The largest absolute Gasteiger partial charge is 0.489 e. The zero-order valence-corrected chi connectivity index (χ0v) is 13.6. The standard InChI is InChI=1S/C20H20O4/c1-2-23-19(20(21)22)18-10-8-15-12-16(9-11-17(15)18)24-13-14-6-4-3-5-7-14/h3-7,9,11-12H,2,8,10,13H2,1H3,(H,21,22). The maximum Gasteiger partial charge on any atom is 0.371 e. The number of hydrogen-bond acceptors (Lipinski definition) is 3. The number of carbonyl (C=O) groups is 1. The lowest BCUT2D eigenvalue weighted by Crippen LogP contribution is -2.07. The minimum Gasteiger partial charge on any atom is -0.489 e. The first-order valence-electron chi connectivity index (χ1n) is 8.08. The van der Waals surface area contributed by atoms with Gasteiger partial charge in [-0.3, -0.25) is 0 Å². The van der Waals surface area contributed by atoms with E-state index in [1.807, 2.05) is 48.5 Å². The Bertz CT molecular complexity index is 762. The maximum atomic E-state index is 11.4. The van der Waals surface area contributed by atoms with Crippen LogP contribution in [-0.4, -0.2) is 17.7 Å². The molecule has 1 N–H and O–H groups in total. The molecule has 0 aromatic heterocycles. The Hall–Kier alpha value is -2.75. The van der Waals surface area contributed by atoms with Crippen molar-refractivity contribution in [2.24, 2.45) is 0 Å². The summed E-state index contributed by atoms with van der Waals surface area (Å²) < 4.78 is 11.2. The second-order valence-corrected chi connectivity index (χ2v) is 5.64. The van der Waals surface area contributed by atoms with E-state index in [4.69, 9.17) is 9.47 Å². The third-order valence-corrected chi connectivity index (χ3v) is 4.05. The maximum absolute atomic E-state index is 11.4. The van der Waals surface area contributed by atoms with Gasteiger partial charge in [0.1, 0.15) is 12.4 Å². The van der Waals surface area contributed by atoms with E-state index in [1.165, 1.54) is 0 Å². The monoisotopic (exact) mass is 324 g/mol. The number of fused-ring (bicyclic) bond motifs is 1. The van der Waals surface area contributed by atoms with Gasteiger partial charge in [0.15, 0.2) is 0 Å². The molecule has 0 unspecified atom stereocenters. The Kier molecular flexibility index (Phi) is 4.85. The topological polar surface area (TPSA) is 55.8 Å². The van der Waals surface area contributed by atoms with Gasteiger partial charge < -0.3 is 14.6 Å². The van der Waals surface area contributed by atoms with Gasteiger partial charge in [-0.15, -0.1) is 0 Å². The molecule has 4 nitrogen and oxygen atoms in total. The summed E-state index contributed by atoms with van der Waals surface area (Å²) in [4.78, 5) is 11.4. The summed E-state index contributed by atoms with van der Waals surface area (Å²) in [7, 11) is 0. The Balaban J connectivity index is 1.80. The van der Waals surface area contributed by atoms with Gasteiger partial charge in [0.25, 0.3) is 0 Å². The van der Waals surface area contributed by atoms with Crippen LogP contribution in [0.1, 0.15) is 30.0 Å². The third-order valence-electron chi connectivity index (χ3n) is 4.05. The molecule has 0 bridgehead atoms. The summed E-state index contributed by atoms with van der Waals surface area (Å²) in [5.74, 6) is -0.148. The molecule has 4 heteroatoms. The number of aryl methyl sites for hydroxylation is 1. The molecule has 1 aliphatic carbocycles. The minimum absolute atomic E-state index is 0.0641. The highest BCUT2D eigenvalue weighted by Gasteiger charge is 2.24. The summed E-state index contributed by atoms with van der Waals surface area (Å²) in [6.07, 6.45) is 1.48. The molecule has 3 rings (SSSR count). The first-order valence-corrected chi connectivity index (χ1v) is 8.08. The van der Waals surface area contributed by atoms with Gasteiger partial charge in [0.05, 0.1) is 6.61 Å². The van der Waals surface area contributed by atoms with E-state index in [-0.39, 0.29) is 5.76 Å². The number of carboxylic acid groups (broad SMARTS) is 1. The molecule has 0 saturated heterocycles. The highest BCUT2D eigenvalue weighted by molar-refractivity contribution is 5.95. The smallest absolute Gasteiger partial charge is 0.371 e. The molecule has 0 atom stereocenters. The van der Waals surface area contributed by atoms with Crippen molar-refractivity contribution in [1.82, 2.24) is 0 Å². The molecule has 24 heavy (non-hydrogen) atoms. The van der Waals surface area contributed by atoms with Crippen LogP contribution in [0.5, 0.6) is 5.75 Å². The third kappa shape index (κ3) is 3.43. The van der Waals surface area contributed by atoms with Crippen molar-refractivity contribution in [3.63, 3.8) is 0 Å². The zero-order chi connectivity index (χ0) is 16.9. The summed E-state index contributed by atoms with van der Waals surface area (Å²) in [5.41, 5.74) is 3.94. The van der Waals surface area contributed by atoms with Gasteiger partial charge in [-0.05, 0) is 48.6 Å². The average Bonchev–Trinajstić information content (AvgIpc) is 3.01. The number of benzene rings is 2. The van der Waals surface area contributed by atoms with Crippen LogP contribution in [0.15, 0.2) is 54.3 Å². The number of carboxylic acids is 1. The zero-order valence-electron chi connectivity index (χ0n) is 13.6. The fourth-order valence-electron chi connectivity index (χ4n) is 2.95. The second kappa shape index (κ2) is 7.21. The minimum atomic E-state index is -1.01. The van der Waals surface area contributed by atoms with Gasteiger partial charge in [-0.25, -0.2) is 4.79 Å². The fourth-order valence-corrected chi connectivity index (χ4v) is 2.95. The fraction of sp³-hybridized carbons (Fsp3) is 0.250. The van der Waals surface area contributed by atoms with Crippen LogP contribution < -0.4 is 4.74 Å². The highest BCUT2D eigenvalue weighted by atomic mass is 16.5. The summed E-state index contributed by atoms with van der Waals surface area (Å²) in [5, 5.41) is 9.35. The summed E-state index contributed by atoms with van der Waals surface area (Å²) in [6, 6.07) is 15.8. The van der Waals surface area contributed by atoms with Crippen LogP contribution >= 0.6 is 0 Å². The van der Waals surface area contributed by atoms with Crippen molar-refractivity contribution in [3.05, 3.63) is 71.0 Å². The lowest BCUT2D eigenvalue weighted by Gasteiger charge is -2.10. The van der Waals surface area contributed by atoms with E-state index in [0.717, 1.165) is 34.4 Å². The molecule has 0 radical (unpaired) electrons. The quantitative estimate of drug-likeness (QED) is 0.643. The summed E-state index contributed by atoms with van der Waals surface area (Å²) >= 11 is 0. The van der Waals surface area contributed by atoms with Crippen LogP contribution in [-0.2, 0) is 22.6 Å². The van der Waals surface area contributed by atoms with Gasteiger partial charge in [0.2, 0.25) is 5.76 Å². The van der Waals surface area contributed by atoms with E-state index < -0.39 is 5.97 Å². The van der Waals surface area contributed by atoms with E-state index in [2.05, 4.69) is 0 Å². The molecule has 0 spiro atoms. The number of aliphatic carboxylic acids is 1. The molecule has 2 aromatic rings. The Morgan fingerprint density at radius 3 is 2.62 bits per heavy atom. The van der Waals surface area contributed by atoms with Gasteiger partial charge in [0, 0.05) is 5.57 Å².